The van der Waals surface area contributed by atoms with Crippen LogP contribution in [0.1, 0.15) is 0 Å². The van der Waals surface area contributed by atoms with E-state index in [1.807, 2.05) is 18.2 Å². The standard InChI is InChI=1S/C8H10N2O2/c9-6-8(11)10-12-7-4-2-1-3-5-7/h1-5H,6,9H2,(H,10,11). The average molecular weight is 166 g/mol. The largest absolute Gasteiger partial charge is 0.380 e. The van der Waals surface area contributed by atoms with Gasteiger partial charge in [-0.1, -0.05) is 18.2 Å². The van der Waals surface area contributed by atoms with Gasteiger partial charge in [-0.25, -0.2) is 0 Å². The highest BCUT2D eigenvalue weighted by molar-refractivity contribution is 5.76. The number of benzene rings is 1. The van der Waals surface area contributed by atoms with Gasteiger partial charge in [0, 0.05) is 0 Å². The molecule has 0 aliphatic rings. The van der Waals surface area contributed by atoms with Gasteiger partial charge in [-0.15, -0.1) is 0 Å². The van der Waals surface area contributed by atoms with E-state index in [9.17, 15) is 4.79 Å². The van der Waals surface area contributed by atoms with Gasteiger partial charge in [-0.3, -0.25) is 4.79 Å². The van der Waals surface area contributed by atoms with Crippen molar-refractivity contribution in [1.29, 1.82) is 0 Å². The van der Waals surface area contributed by atoms with Gasteiger partial charge in [0.15, 0.2) is 5.75 Å². The molecule has 0 bridgehead atoms. The van der Waals surface area contributed by atoms with Gasteiger partial charge in [0.2, 0.25) is 0 Å². The summed E-state index contributed by atoms with van der Waals surface area (Å²) in [5, 5.41) is 0. The van der Waals surface area contributed by atoms with E-state index in [1.54, 1.807) is 12.1 Å². The number of carbonyl (C=O) groups excluding carboxylic acids is 1. The lowest BCUT2D eigenvalue weighted by Crippen LogP contribution is -2.32. The second-order valence-electron chi connectivity index (χ2n) is 2.14. The fourth-order valence-electron chi connectivity index (χ4n) is 0.646. The molecule has 0 fully saturated rings. The van der Waals surface area contributed by atoms with Crippen molar-refractivity contribution in [3.63, 3.8) is 0 Å². The summed E-state index contributed by atoms with van der Waals surface area (Å²) in [6, 6.07) is 8.94. The van der Waals surface area contributed by atoms with E-state index in [4.69, 9.17) is 10.6 Å². The minimum atomic E-state index is -0.348. The van der Waals surface area contributed by atoms with Crippen LogP contribution in [0.4, 0.5) is 0 Å². The number of rotatable bonds is 3. The van der Waals surface area contributed by atoms with E-state index >= 15 is 0 Å². The summed E-state index contributed by atoms with van der Waals surface area (Å²) in [5.41, 5.74) is 7.23. The van der Waals surface area contributed by atoms with Crippen molar-refractivity contribution >= 4 is 5.91 Å². The summed E-state index contributed by atoms with van der Waals surface area (Å²) >= 11 is 0. The lowest BCUT2D eigenvalue weighted by atomic mass is 10.3. The highest BCUT2D eigenvalue weighted by Gasteiger charge is 1.96. The van der Waals surface area contributed by atoms with Crippen molar-refractivity contribution in [3.8, 4) is 5.75 Å². The fourth-order valence-corrected chi connectivity index (χ4v) is 0.646. The van der Waals surface area contributed by atoms with E-state index in [0.29, 0.717) is 5.75 Å². The molecule has 4 heteroatoms. The van der Waals surface area contributed by atoms with Crippen molar-refractivity contribution in [2.45, 2.75) is 0 Å². The molecule has 4 nitrogen and oxygen atoms in total. The van der Waals surface area contributed by atoms with Crippen molar-refractivity contribution in [2.75, 3.05) is 6.54 Å². The van der Waals surface area contributed by atoms with Crippen molar-refractivity contribution < 1.29 is 9.63 Å². The zero-order valence-corrected chi connectivity index (χ0v) is 6.49. The minimum absolute atomic E-state index is 0.0766. The quantitative estimate of drug-likeness (QED) is 0.624. The Labute approximate surface area is 70.3 Å². The lowest BCUT2D eigenvalue weighted by Gasteiger charge is -2.04. The predicted molar refractivity (Wildman–Crippen MR) is 44.3 cm³/mol. The number of hydrogen-bond donors (Lipinski definition) is 2. The van der Waals surface area contributed by atoms with Crippen LogP contribution in [0.3, 0.4) is 0 Å². The van der Waals surface area contributed by atoms with Gasteiger partial charge in [-0.05, 0) is 12.1 Å². The first-order valence-corrected chi connectivity index (χ1v) is 3.53. The molecule has 64 valence electrons. The summed E-state index contributed by atoms with van der Waals surface area (Å²) < 4.78 is 0. The third-order valence-corrected chi connectivity index (χ3v) is 1.21. The van der Waals surface area contributed by atoms with Crippen LogP contribution >= 0.6 is 0 Å². The van der Waals surface area contributed by atoms with Gasteiger partial charge in [0.05, 0.1) is 6.54 Å². The van der Waals surface area contributed by atoms with Crippen LogP contribution in [0.15, 0.2) is 30.3 Å². The third kappa shape index (κ3) is 2.59. The van der Waals surface area contributed by atoms with Crippen LogP contribution in [-0.2, 0) is 4.79 Å². The molecule has 12 heavy (non-hydrogen) atoms. The van der Waals surface area contributed by atoms with Gasteiger partial charge in [0.25, 0.3) is 5.91 Å². The first-order chi connectivity index (χ1) is 5.83. The van der Waals surface area contributed by atoms with Crippen LogP contribution in [0.25, 0.3) is 0 Å². The molecular weight excluding hydrogens is 156 g/mol. The van der Waals surface area contributed by atoms with Crippen LogP contribution in [0, 0.1) is 0 Å². The number of nitrogens with two attached hydrogens (primary N) is 1. The molecule has 0 spiro atoms. The molecule has 1 aromatic rings. The molecule has 0 aliphatic heterocycles. The smallest absolute Gasteiger partial charge is 0.266 e. The molecule has 0 atom stereocenters. The Morgan fingerprint density at radius 1 is 1.42 bits per heavy atom. The molecule has 3 N–H and O–H groups in total. The van der Waals surface area contributed by atoms with Gasteiger partial charge < -0.3 is 10.6 Å². The van der Waals surface area contributed by atoms with Gasteiger partial charge in [-0.2, -0.15) is 5.48 Å². The predicted octanol–water partition coefficient (Wildman–Crippen LogP) is 0.0553. The zero-order valence-electron chi connectivity index (χ0n) is 6.49. The topological polar surface area (TPSA) is 64.4 Å². The highest BCUT2D eigenvalue weighted by Crippen LogP contribution is 2.05. The zero-order chi connectivity index (χ0) is 8.81. The molecular formula is C8H10N2O2. The van der Waals surface area contributed by atoms with Gasteiger partial charge >= 0.3 is 0 Å². The van der Waals surface area contributed by atoms with Crippen molar-refractivity contribution in [2.24, 2.45) is 5.73 Å². The maximum absolute atomic E-state index is 10.6. The molecule has 0 saturated heterocycles. The molecule has 1 amide bonds. The van der Waals surface area contributed by atoms with Crippen LogP contribution < -0.4 is 16.1 Å². The minimum Gasteiger partial charge on any atom is -0.380 e. The maximum atomic E-state index is 10.6. The Hall–Kier alpha value is -1.55. The summed E-state index contributed by atoms with van der Waals surface area (Å²) in [4.78, 5) is 15.5. The lowest BCUT2D eigenvalue weighted by molar-refractivity contribution is -0.126. The monoisotopic (exact) mass is 166 g/mol. The van der Waals surface area contributed by atoms with E-state index in [-0.39, 0.29) is 12.5 Å². The van der Waals surface area contributed by atoms with E-state index in [0.717, 1.165) is 0 Å². The Bertz CT molecular complexity index is 248. The normalized spacial score (nSPS) is 9.08. The molecule has 0 radical (unpaired) electrons. The summed E-state index contributed by atoms with van der Waals surface area (Å²) in [5.74, 6) is 0.234. The fraction of sp³-hybridized carbons (Fsp3) is 0.125. The third-order valence-electron chi connectivity index (χ3n) is 1.21. The Morgan fingerprint density at radius 3 is 2.67 bits per heavy atom. The van der Waals surface area contributed by atoms with Crippen LogP contribution in [0.2, 0.25) is 0 Å². The molecule has 1 rings (SSSR count). The van der Waals surface area contributed by atoms with E-state index in [2.05, 4.69) is 5.48 Å². The summed E-state index contributed by atoms with van der Waals surface area (Å²) in [6.07, 6.45) is 0. The molecule has 0 saturated carbocycles. The number of para-hydroxylation sites is 1. The molecule has 1 aromatic carbocycles. The van der Waals surface area contributed by atoms with Gasteiger partial charge in [0.1, 0.15) is 0 Å². The first-order valence-electron chi connectivity index (χ1n) is 3.53. The SMILES string of the molecule is NCC(=O)NOc1ccccc1. The molecule has 0 unspecified atom stereocenters. The summed E-state index contributed by atoms with van der Waals surface area (Å²) in [7, 11) is 0. The Morgan fingerprint density at radius 2 is 2.08 bits per heavy atom. The van der Waals surface area contributed by atoms with Crippen molar-refractivity contribution in [1.82, 2.24) is 5.48 Å². The second-order valence-corrected chi connectivity index (χ2v) is 2.14. The number of hydrogen-bond acceptors (Lipinski definition) is 3. The number of nitrogens with one attached hydrogen (secondary N) is 1. The second kappa shape index (κ2) is 4.35. The number of carbonyl (C=O) groups is 1. The first kappa shape index (κ1) is 8.55. The molecule has 0 aromatic heterocycles. The number of amides is 1. The van der Waals surface area contributed by atoms with Crippen LogP contribution in [0.5, 0.6) is 5.75 Å². The average Bonchev–Trinajstić information content (AvgIpc) is 2.16. The van der Waals surface area contributed by atoms with E-state index in [1.165, 1.54) is 0 Å². The molecule has 0 heterocycles. The number of hydroxylamine groups is 1. The van der Waals surface area contributed by atoms with Crippen molar-refractivity contribution in [3.05, 3.63) is 30.3 Å². The Kier molecular flexibility index (Phi) is 3.10. The molecule has 0 aliphatic carbocycles. The van der Waals surface area contributed by atoms with Crippen LogP contribution in [-0.4, -0.2) is 12.5 Å². The highest BCUT2D eigenvalue weighted by atomic mass is 16.7. The Balaban J connectivity index is 2.38. The maximum Gasteiger partial charge on any atom is 0.266 e. The van der Waals surface area contributed by atoms with E-state index < -0.39 is 0 Å². The summed E-state index contributed by atoms with van der Waals surface area (Å²) in [6.45, 7) is -0.0766.